The van der Waals surface area contributed by atoms with Crippen molar-refractivity contribution >= 4 is 0 Å². The summed E-state index contributed by atoms with van der Waals surface area (Å²) in [7, 11) is 0. The topological polar surface area (TPSA) is 34.4 Å². The Bertz CT molecular complexity index is 433. The van der Waals surface area contributed by atoms with Gasteiger partial charge in [-0.2, -0.15) is 13.2 Å². The summed E-state index contributed by atoms with van der Waals surface area (Å²) in [5.74, 6) is 1.13. The first-order valence-corrected chi connectivity index (χ1v) is 6.50. The number of furan rings is 1. The molecule has 3 nitrogen and oxygen atoms in total. The van der Waals surface area contributed by atoms with E-state index >= 15 is 0 Å². The van der Waals surface area contributed by atoms with E-state index < -0.39 is 12.3 Å². The van der Waals surface area contributed by atoms with Crippen molar-refractivity contribution in [2.45, 2.75) is 65.6 Å². The maximum atomic E-state index is 12.3. The second kappa shape index (κ2) is 6.18. The molecule has 6 heteroatoms. The Labute approximate surface area is 117 Å². The van der Waals surface area contributed by atoms with E-state index in [1.165, 1.54) is 0 Å². The van der Waals surface area contributed by atoms with Gasteiger partial charge in [0.1, 0.15) is 18.1 Å². The highest BCUT2D eigenvalue weighted by Gasteiger charge is 2.37. The third kappa shape index (κ3) is 5.54. The maximum Gasteiger partial charge on any atom is 0.414 e. The molecule has 0 saturated heterocycles. The molecular weight excluding hydrogens is 271 g/mol. The highest BCUT2D eigenvalue weighted by Crippen LogP contribution is 2.24. The van der Waals surface area contributed by atoms with E-state index in [-0.39, 0.29) is 12.1 Å². The zero-order chi connectivity index (χ0) is 15.6. The van der Waals surface area contributed by atoms with Gasteiger partial charge in [0.2, 0.25) is 0 Å². The van der Waals surface area contributed by atoms with E-state index in [0.717, 1.165) is 18.2 Å². The minimum Gasteiger partial charge on any atom is -0.462 e. The average molecular weight is 293 g/mol. The fourth-order valence-electron chi connectivity index (χ4n) is 1.48. The first-order chi connectivity index (χ1) is 8.99. The molecular formula is C14H22F3NO2. The van der Waals surface area contributed by atoms with E-state index in [4.69, 9.17) is 9.15 Å². The summed E-state index contributed by atoms with van der Waals surface area (Å²) < 4.78 is 47.3. The normalized spacial score (nSPS) is 14.6. The van der Waals surface area contributed by atoms with Crippen molar-refractivity contribution in [2.24, 2.45) is 0 Å². The molecule has 0 aliphatic heterocycles. The predicted molar refractivity (Wildman–Crippen MR) is 70.3 cm³/mol. The summed E-state index contributed by atoms with van der Waals surface area (Å²) in [5, 5.41) is 3.27. The second-order valence-electron chi connectivity index (χ2n) is 5.92. The van der Waals surface area contributed by atoms with Crippen molar-refractivity contribution in [1.82, 2.24) is 5.32 Å². The van der Waals surface area contributed by atoms with Crippen molar-refractivity contribution < 1.29 is 22.3 Å². The molecule has 20 heavy (non-hydrogen) atoms. The van der Waals surface area contributed by atoms with Crippen LogP contribution in [0, 0.1) is 6.92 Å². The summed E-state index contributed by atoms with van der Waals surface area (Å²) in [5.41, 5.74) is 0.848. The third-order valence-electron chi connectivity index (χ3n) is 2.79. The average Bonchev–Trinajstić information content (AvgIpc) is 2.62. The molecule has 0 spiro atoms. The van der Waals surface area contributed by atoms with E-state index in [1.54, 1.807) is 6.07 Å². The summed E-state index contributed by atoms with van der Waals surface area (Å²) in [6, 6.07) is 1.71. The zero-order valence-corrected chi connectivity index (χ0v) is 12.5. The van der Waals surface area contributed by atoms with Crippen molar-refractivity contribution in [3.63, 3.8) is 0 Å². The van der Waals surface area contributed by atoms with Crippen LogP contribution in [-0.4, -0.2) is 17.8 Å². The fourth-order valence-corrected chi connectivity index (χ4v) is 1.48. The van der Waals surface area contributed by atoms with Crippen LogP contribution in [-0.2, 0) is 17.9 Å². The highest BCUT2D eigenvalue weighted by molar-refractivity contribution is 5.19. The predicted octanol–water partition coefficient (Wildman–Crippen LogP) is 3.94. The van der Waals surface area contributed by atoms with E-state index in [0.29, 0.717) is 12.3 Å². The number of hydrogen-bond donors (Lipinski definition) is 1. The van der Waals surface area contributed by atoms with Crippen LogP contribution < -0.4 is 5.32 Å². The lowest BCUT2D eigenvalue weighted by Gasteiger charge is -2.19. The van der Waals surface area contributed by atoms with Crippen LogP contribution in [0.2, 0.25) is 0 Å². The quantitative estimate of drug-likeness (QED) is 0.892. The summed E-state index contributed by atoms with van der Waals surface area (Å²) in [6.45, 7) is 9.28. The van der Waals surface area contributed by atoms with Crippen LogP contribution in [0.3, 0.4) is 0 Å². The summed E-state index contributed by atoms with van der Waals surface area (Å²) in [6.07, 6.45) is -6.15. The molecule has 1 heterocycles. The SMILES string of the molecule is Cc1cc(COC(C)C(F)(F)F)oc1CNC(C)(C)C. The Hall–Kier alpha value is -1.01. The monoisotopic (exact) mass is 293 g/mol. The Kier molecular flexibility index (Phi) is 5.27. The molecule has 1 rings (SSSR count). The Morgan fingerprint density at radius 3 is 2.40 bits per heavy atom. The minimum absolute atomic E-state index is 0.0549. The Morgan fingerprint density at radius 2 is 1.90 bits per heavy atom. The first kappa shape index (κ1) is 17.0. The van der Waals surface area contributed by atoms with Gasteiger partial charge in [0.05, 0.1) is 6.54 Å². The number of aryl methyl sites for hydroxylation is 1. The molecule has 1 unspecified atom stereocenters. The second-order valence-corrected chi connectivity index (χ2v) is 5.92. The van der Waals surface area contributed by atoms with Gasteiger partial charge in [-0.25, -0.2) is 0 Å². The lowest BCUT2D eigenvalue weighted by atomic mass is 10.1. The smallest absolute Gasteiger partial charge is 0.414 e. The van der Waals surface area contributed by atoms with Gasteiger partial charge in [0, 0.05) is 5.54 Å². The number of halogens is 3. The van der Waals surface area contributed by atoms with Crippen molar-refractivity contribution in [2.75, 3.05) is 0 Å². The number of nitrogens with one attached hydrogen (secondary N) is 1. The van der Waals surface area contributed by atoms with Gasteiger partial charge in [-0.1, -0.05) is 0 Å². The van der Waals surface area contributed by atoms with Crippen LogP contribution in [0.15, 0.2) is 10.5 Å². The molecule has 0 aliphatic carbocycles. The fraction of sp³-hybridized carbons (Fsp3) is 0.714. The van der Waals surface area contributed by atoms with E-state index in [1.807, 2.05) is 27.7 Å². The molecule has 0 aliphatic rings. The van der Waals surface area contributed by atoms with Gasteiger partial charge in [0.15, 0.2) is 6.10 Å². The van der Waals surface area contributed by atoms with Crippen LogP contribution in [0.1, 0.15) is 44.8 Å². The molecule has 1 aromatic rings. The van der Waals surface area contributed by atoms with E-state index in [2.05, 4.69) is 5.32 Å². The maximum absolute atomic E-state index is 12.3. The molecule has 1 atom stereocenters. The number of alkyl halides is 3. The van der Waals surface area contributed by atoms with Crippen LogP contribution in [0.4, 0.5) is 13.2 Å². The van der Waals surface area contributed by atoms with Crippen LogP contribution >= 0.6 is 0 Å². The van der Waals surface area contributed by atoms with Gasteiger partial charge in [-0.15, -0.1) is 0 Å². The standard InChI is InChI=1S/C14H22F3NO2/c1-9-6-11(8-19-10(2)14(15,16)17)20-12(9)7-18-13(3,4)5/h6,10,18H,7-8H2,1-5H3. The lowest BCUT2D eigenvalue weighted by Crippen LogP contribution is -2.35. The van der Waals surface area contributed by atoms with Crippen molar-refractivity contribution in [3.8, 4) is 0 Å². The van der Waals surface area contributed by atoms with Gasteiger partial charge in [-0.3, -0.25) is 0 Å². The molecule has 0 radical (unpaired) electrons. The number of ether oxygens (including phenoxy) is 1. The molecule has 0 aromatic carbocycles. The molecule has 0 saturated carbocycles. The van der Waals surface area contributed by atoms with Gasteiger partial charge >= 0.3 is 6.18 Å². The van der Waals surface area contributed by atoms with Gasteiger partial charge in [0.25, 0.3) is 0 Å². The Morgan fingerprint density at radius 1 is 1.30 bits per heavy atom. The molecule has 0 bridgehead atoms. The van der Waals surface area contributed by atoms with Gasteiger partial charge < -0.3 is 14.5 Å². The number of rotatable bonds is 5. The van der Waals surface area contributed by atoms with Crippen molar-refractivity contribution in [3.05, 3.63) is 23.2 Å². The lowest BCUT2D eigenvalue weighted by molar-refractivity contribution is -0.218. The van der Waals surface area contributed by atoms with Crippen molar-refractivity contribution in [1.29, 1.82) is 0 Å². The van der Waals surface area contributed by atoms with Crippen LogP contribution in [0.25, 0.3) is 0 Å². The molecule has 0 fully saturated rings. The molecule has 1 N–H and O–H groups in total. The highest BCUT2D eigenvalue weighted by atomic mass is 19.4. The largest absolute Gasteiger partial charge is 0.462 e. The third-order valence-corrected chi connectivity index (χ3v) is 2.79. The van der Waals surface area contributed by atoms with Crippen LogP contribution in [0.5, 0.6) is 0 Å². The minimum atomic E-state index is -4.35. The van der Waals surface area contributed by atoms with Gasteiger partial charge in [-0.05, 0) is 46.2 Å². The molecule has 116 valence electrons. The molecule has 0 amide bonds. The zero-order valence-electron chi connectivity index (χ0n) is 12.5. The first-order valence-electron chi connectivity index (χ1n) is 6.50. The Balaban J connectivity index is 2.57. The summed E-state index contributed by atoms with van der Waals surface area (Å²) >= 11 is 0. The number of hydrogen-bond acceptors (Lipinski definition) is 3. The summed E-state index contributed by atoms with van der Waals surface area (Å²) in [4.78, 5) is 0. The van der Waals surface area contributed by atoms with E-state index in [9.17, 15) is 13.2 Å². The molecule has 1 aromatic heterocycles.